The van der Waals surface area contributed by atoms with Crippen LogP contribution in [0.2, 0.25) is 0 Å². The Kier molecular flexibility index (Phi) is 7.59. The number of hydrogen-bond acceptors (Lipinski definition) is 2. The molecule has 31 heavy (non-hydrogen) atoms. The Morgan fingerprint density at radius 1 is 1.03 bits per heavy atom. The molecule has 0 radical (unpaired) electrons. The van der Waals surface area contributed by atoms with E-state index in [4.69, 9.17) is 10.5 Å². The molecule has 4 rings (SSSR count). The van der Waals surface area contributed by atoms with E-state index in [-0.39, 0.29) is 0 Å². The highest BCUT2D eigenvalue weighted by Crippen LogP contribution is 2.66. The van der Waals surface area contributed by atoms with Crippen LogP contribution in [-0.4, -0.2) is 19.3 Å². The summed E-state index contributed by atoms with van der Waals surface area (Å²) in [6, 6.07) is 0. The molecule has 0 aromatic carbocycles. The third-order valence-corrected chi connectivity index (χ3v) is 10.5. The maximum absolute atomic E-state index is 6.19. The lowest BCUT2D eigenvalue weighted by molar-refractivity contribution is -0.0587. The molecule has 4 aliphatic rings. The van der Waals surface area contributed by atoms with Gasteiger partial charge in [-0.2, -0.15) is 0 Å². The molecule has 4 aliphatic carbocycles. The van der Waals surface area contributed by atoms with Crippen LogP contribution in [0.25, 0.3) is 0 Å². The van der Waals surface area contributed by atoms with E-state index in [2.05, 4.69) is 33.8 Å². The van der Waals surface area contributed by atoms with Gasteiger partial charge in [-0.25, -0.2) is 0 Å². The molecule has 0 aliphatic heterocycles. The van der Waals surface area contributed by atoms with Crippen LogP contribution in [-0.2, 0) is 4.74 Å². The van der Waals surface area contributed by atoms with Crippen molar-refractivity contribution in [1.82, 2.24) is 0 Å². The Morgan fingerprint density at radius 3 is 2.65 bits per heavy atom. The third-order valence-electron chi connectivity index (χ3n) is 10.5. The van der Waals surface area contributed by atoms with Gasteiger partial charge in [0.05, 0.1) is 6.10 Å². The molecule has 2 N–H and O–H groups in total. The van der Waals surface area contributed by atoms with Crippen molar-refractivity contribution in [3.8, 4) is 0 Å². The van der Waals surface area contributed by atoms with Crippen molar-refractivity contribution in [1.29, 1.82) is 0 Å². The summed E-state index contributed by atoms with van der Waals surface area (Å²) in [6.45, 7) is 11.7. The Morgan fingerprint density at radius 2 is 1.87 bits per heavy atom. The minimum absolute atomic E-state index is 0.443. The van der Waals surface area contributed by atoms with Gasteiger partial charge >= 0.3 is 0 Å². The Bertz CT molecular complexity index is 626. The summed E-state index contributed by atoms with van der Waals surface area (Å²) < 4.78 is 6.19. The molecule has 7 atom stereocenters. The molecule has 0 amide bonds. The molecule has 2 heteroatoms. The van der Waals surface area contributed by atoms with Crippen molar-refractivity contribution < 1.29 is 4.74 Å². The SMILES string of the molecule is CC(C)CCCC[C@H]1CCC2C3CC=C4C[C@@H](OCCCN)CC[C@]4(C)C3CC[C@@]21C. The van der Waals surface area contributed by atoms with E-state index < -0.39 is 0 Å². The fourth-order valence-corrected chi connectivity index (χ4v) is 8.63. The first-order chi connectivity index (χ1) is 14.9. The van der Waals surface area contributed by atoms with Crippen LogP contribution in [0.5, 0.6) is 0 Å². The van der Waals surface area contributed by atoms with Crippen molar-refractivity contribution in [2.45, 2.75) is 117 Å². The first-order valence-electron chi connectivity index (χ1n) is 13.9. The van der Waals surface area contributed by atoms with Crippen LogP contribution < -0.4 is 5.73 Å². The van der Waals surface area contributed by atoms with E-state index >= 15 is 0 Å². The number of allylic oxidation sites excluding steroid dienone is 1. The summed E-state index contributed by atoms with van der Waals surface area (Å²) >= 11 is 0. The molecule has 3 fully saturated rings. The number of unbranched alkanes of at least 4 members (excludes halogenated alkanes) is 1. The molecule has 3 saturated carbocycles. The van der Waals surface area contributed by atoms with Crippen LogP contribution in [0.1, 0.15) is 111 Å². The normalized spacial score (nSPS) is 42.1. The Balaban J connectivity index is 1.40. The fraction of sp³-hybridized carbons (Fsp3) is 0.931. The summed E-state index contributed by atoms with van der Waals surface area (Å²) in [4.78, 5) is 0. The average molecular weight is 430 g/mol. The van der Waals surface area contributed by atoms with E-state index in [1.807, 2.05) is 0 Å². The van der Waals surface area contributed by atoms with E-state index in [9.17, 15) is 0 Å². The molecule has 0 heterocycles. The Labute approximate surface area is 193 Å². The van der Waals surface area contributed by atoms with Gasteiger partial charge < -0.3 is 10.5 Å². The van der Waals surface area contributed by atoms with Crippen molar-refractivity contribution in [3.05, 3.63) is 11.6 Å². The van der Waals surface area contributed by atoms with Gasteiger partial charge in [-0.1, -0.05) is 58.6 Å². The summed E-state index contributed by atoms with van der Waals surface area (Å²) in [5.74, 6) is 4.72. The Hall–Kier alpha value is -0.340. The summed E-state index contributed by atoms with van der Waals surface area (Å²) in [5, 5.41) is 0. The quantitative estimate of drug-likeness (QED) is 0.304. The predicted molar refractivity (Wildman–Crippen MR) is 132 cm³/mol. The lowest BCUT2D eigenvalue weighted by Crippen LogP contribution is -2.50. The highest BCUT2D eigenvalue weighted by atomic mass is 16.5. The molecule has 0 aromatic rings. The summed E-state index contributed by atoms with van der Waals surface area (Å²) in [7, 11) is 0. The second kappa shape index (κ2) is 9.88. The van der Waals surface area contributed by atoms with E-state index in [1.165, 1.54) is 77.0 Å². The molecule has 0 aromatic heterocycles. The lowest BCUT2D eigenvalue weighted by atomic mass is 9.47. The van der Waals surface area contributed by atoms with Gasteiger partial charge in [0.15, 0.2) is 0 Å². The summed E-state index contributed by atoms with van der Waals surface area (Å²) in [5.41, 5.74) is 8.50. The molecule has 0 saturated heterocycles. The number of rotatable bonds is 9. The first kappa shape index (κ1) is 23.8. The zero-order valence-corrected chi connectivity index (χ0v) is 21.1. The van der Waals surface area contributed by atoms with Gasteiger partial charge in [0.25, 0.3) is 0 Å². The minimum atomic E-state index is 0.443. The highest BCUT2D eigenvalue weighted by molar-refractivity contribution is 5.25. The largest absolute Gasteiger partial charge is 0.378 e. The number of ether oxygens (including phenoxy) is 1. The zero-order chi connectivity index (χ0) is 22.1. The van der Waals surface area contributed by atoms with Gasteiger partial charge in [-0.05, 0) is 111 Å². The zero-order valence-electron chi connectivity index (χ0n) is 21.1. The average Bonchev–Trinajstić information content (AvgIpc) is 3.08. The van der Waals surface area contributed by atoms with Crippen molar-refractivity contribution in [2.75, 3.05) is 13.2 Å². The molecule has 178 valence electrons. The molecule has 3 unspecified atom stereocenters. The van der Waals surface area contributed by atoms with Crippen LogP contribution in [0.3, 0.4) is 0 Å². The minimum Gasteiger partial charge on any atom is -0.378 e. The van der Waals surface area contributed by atoms with Crippen LogP contribution in [0.4, 0.5) is 0 Å². The van der Waals surface area contributed by atoms with Gasteiger partial charge in [0, 0.05) is 6.61 Å². The van der Waals surface area contributed by atoms with E-state index in [0.29, 0.717) is 16.9 Å². The molecular formula is C29H51NO. The molecule has 0 spiro atoms. The highest BCUT2D eigenvalue weighted by Gasteiger charge is 2.58. The fourth-order valence-electron chi connectivity index (χ4n) is 8.63. The first-order valence-corrected chi connectivity index (χ1v) is 13.9. The lowest BCUT2D eigenvalue weighted by Gasteiger charge is -2.58. The second-order valence-corrected chi connectivity index (χ2v) is 12.6. The van der Waals surface area contributed by atoms with Crippen molar-refractivity contribution in [3.63, 3.8) is 0 Å². The standard InChI is InChI=1S/C29H51NO/c1-21(2)8-5-6-9-22-11-13-26-25-12-10-23-20-24(31-19-7-18-30)14-16-29(23,4)27(25)15-17-28(22,26)3/h10,21-22,24-27H,5-9,11-20,30H2,1-4H3/t22-,24-,25?,26?,27?,28+,29-/m0/s1. The maximum atomic E-state index is 6.19. The number of hydrogen-bond donors (Lipinski definition) is 1. The van der Waals surface area contributed by atoms with Gasteiger partial charge in [-0.15, -0.1) is 0 Å². The smallest absolute Gasteiger partial charge is 0.0612 e. The van der Waals surface area contributed by atoms with Crippen LogP contribution in [0, 0.1) is 40.4 Å². The van der Waals surface area contributed by atoms with Crippen LogP contribution >= 0.6 is 0 Å². The van der Waals surface area contributed by atoms with Gasteiger partial charge in [0.1, 0.15) is 0 Å². The third kappa shape index (κ3) is 4.68. The second-order valence-electron chi connectivity index (χ2n) is 12.6. The van der Waals surface area contributed by atoms with E-state index in [0.717, 1.165) is 49.2 Å². The number of nitrogens with two attached hydrogens (primary N) is 1. The summed E-state index contributed by atoms with van der Waals surface area (Å²) in [6.07, 6.45) is 21.1. The molecule has 2 nitrogen and oxygen atoms in total. The van der Waals surface area contributed by atoms with Crippen molar-refractivity contribution >= 4 is 0 Å². The van der Waals surface area contributed by atoms with Crippen molar-refractivity contribution in [2.24, 2.45) is 46.2 Å². The monoisotopic (exact) mass is 429 g/mol. The number of fused-ring (bicyclic) bond motifs is 5. The van der Waals surface area contributed by atoms with Crippen LogP contribution in [0.15, 0.2) is 11.6 Å². The van der Waals surface area contributed by atoms with Gasteiger partial charge in [-0.3, -0.25) is 0 Å². The molecule has 0 bridgehead atoms. The van der Waals surface area contributed by atoms with Gasteiger partial charge in [0.2, 0.25) is 0 Å². The van der Waals surface area contributed by atoms with E-state index in [1.54, 1.807) is 5.57 Å². The maximum Gasteiger partial charge on any atom is 0.0612 e. The topological polar surface area (TPSA) is 35.2 Å². The predicted octanol–water partition coefficient (Wildman–Crippen LogP) is 7.52. The molecular weight excluding hydrogens is 378 g/mol.